The van der Waals surface area contributed by atoms with Crippen LogP contribution in [-0.2, 0) is 13.6 Å². The Hall–Kier alpha value is -1.01. The van der Waals surface area contributed by atoms with Crippen molar-refractivity contribution in [2.45, 2.75) is 26.8 Å². The second kappa shape index (κ2) is 5.77. The molecule has 0 radical (unpaired) electrons. The summed E-state index contributed by atoms with van der Waals surface area (Å²) in [6, 6.07) is 0. The minimum absolute atomic E-state index is 1.13. The number of hydrogen-bond acceptors (Lipinski definition) is 0. The Labute approximate surface area is 86.6 Å². The normalized spacial score (nSPS) is 10.9. The van der Waals surface area contributed by atoms with Crippen LogP contribution in [0.3, 0.4) is 0 Å². The van der Waals surface area contributed by atoms with Crippen LogP contribution >= 0.6 is 0 Å². The lowest BCUT2D eigenvalue weighted by Crippen LogP contribution is -2.29. The second-order valence-corrected chi connectivity index (χ2v) is 3.14. The molecule has 0 aliphatic heterocycles. The van der Waals surface area contributed by atoms with Crippen molar-refractivity contribution in [3.63, 3.8) is 0 Å². The summed E-state index contributed by atoms with van der Waals surface area (Å²) in [5, 5.41) is 0. The number of halogens is 4. The lowest BCUT2D eigenvalue weighted by Gasteiger charge is -1.94. The van der Waals surface area contributed by atoms with Crippen LogP contribution in [0.5, 0.6) is 0 Å². The molecule has 0 saturated carbocycles. The summed E-state index contributed by atoms with van der Waals surface area (Å²) in [6.45, 7) is 5.46. The van der Waals surface area contributed by atoms with E-state index in [-0.39, 0.29) is 0 Å². The summed E-state index contributed by atoms with van der Waals surface area (Å²) in [5.74, 6) is 1.32. The van der Waals surface area contributed by atoms with Gasteiger partial charge >= 0.3 is 7.25 Å². The van der Waals surface area contributed by atoms with Gasteiger partial charge in [-0.2, -0.15) is 0 Å². The van der Waals surface area contributed by atoms with Crippen molar-refractivity contribution in [3.8, 4) is 0 Å². The third-order valence-electron chi connectivity index (χ3n) is 1.86. The van der Waals surface area contributed by atoms with E-state index in [1.807, 2.05) is 0 Å². The predicted octanol–water partition coefficient (Wildman–Crippen LogP) is 2.33. The van der Waals surface area contributed by atoms with Gasteiger partial charge in [-0.1, -0.05) is 6.92 Å². The molecule has 88 valence electrons. The van der Waals surface area contributed by atoms with Crippen LogP contribution in [0.2, 0.25) is 0 Å². The van der Waals surface area contributed by atoms with Crippen molar-refractivity contribution in [2.75, 3.05) is 0 Å². The average Bonchev–Trinajstić information content (AvgIpc) is 2.34. The molecular formula is C8H15BF4N2. The van der Waals surface area contributed by atoms with Crippen LogP contribution in [0.15, 0.2) is 12.4 Å². The molecular weight excluding hydrogens is 211 g/mol. The van der Waals surface area contributed by atoms with Gasteiger partial charge in [0.1, 0.15) is 12.4 Å². The summed E-state index contributed by atoms with van der Waals surface area (Å²) in [4.78, 5) is 0. The van der Waals surface area contributed by atoms with Crippen molar-refractivity contribution in [2.24, 2.45) is 7.05 Å². The maximum atomic E-state index is 9.75. The van der Waals surface area contributed by atoms with Gasteiger partial charge in [0.2, 0.25) is 0 Å². The molecule has 0 unspecified atom stereocenters. The molecule has 1 aromatic heterocycles. The van der Waals surface area contributed by atoms with Gasteiger partial charge in [0, 0.05) is 6.92 Å². The number of rotatable bonds is 2. The first-order valence-electron chi connectivity index (χ1n) is 4.64. The van der Waals surface area contributed by atoms with Crippen molar-refractivity contribution in [3.05, 3.63) is 18.2 Å². The van der Waals surface area contributed by atoms with Crippen LogP contribution < -0.4 is 4.57 Å². The summed E-state index contributed by atoms with van der Waals surface area (Å²) in [6.07, 6.45) is 5.42. The Balaban J connectivity index is 0.000000336. The second-order valence-electron chi connectivity index (χ2n) is 3.14. The van der Waals surface area contributed by atoms with E-state index < -0.39 is 7.25 Å². The van der Waals surface area contributed by atoms with Gasteiger partial charge in [0.25, 0.3) is 5.82 Å². The van der Waals surface area contributed by atoms with E-state index in [2.05, 4.69) is 42.4 Å². The fourth-order valence-electron chi connectivity index (χ4n) is 1.08. The molecule has 0 aliphatic rings. The maximum absolute atomic E-state index is 9.75. The van der Waals surface area contributed by atoms with Crippen LogP contribution in [0.25, 0.3) is 0 Å². The van der Waals surface area contributed by atoms with E-state index in [0.29, 0.717) is 0 Å². The zero-order valence-corrected chi connectivity index (χ0v) is 9.05. The fraction of sp³-hybridized carbons (Fsp3) is 0.625. The van der Waals surface area contributed by atoms with Crippen LogP contribution in [0, 0.1) is 6.92 Å². The third kappa shape index (κ3) is 6.99. The van der Waals surface area contributed by atoms with Gasteiger partial charge in [0.15, 0.2) is 0 Å². The number of imidazole rings is 1. The monoisotopic (exact) mass is 226 g/mol. The average molecular weight is 226 g/mol. The topological polar surface area (TPSA) is 8.81 Å². The fourth-order valence-corrected chi connectivity index (χ4v) is 1.08. The van der Waals surface area contributed by atoms with Crippen molar-refractivity contribution >= 4 is 7.25 Å². The highest BCUT2D eigenvalue weighted by molar-refractivity contribution is 6.50. The van der Waals surface area contributed by atoms with Crippen molar-refractivity contribution in [1.29, 1.82) is 0 Å². The number of aryl methyl sites for hydroxylation is 2. The Bertz CT molecular complexity index is 289. The summed E-state index contributed by atoms with van der Waals surface area (Å²) >= 11 is 0. The molecule has 2 nitrogen and oxygen atoms in total. The summed E-state index contributed by atoms with van der Waals surface area (Å²) in [5.41, 5.74) is 0. The van der Waals surface area contributed by atoms with E-state index in [9.17, 15) is 17.3 Å². The van der Waals surface area contributed by atoms with E-state index in [0.717, 1.165) is 6.54 Å². The summed E-state index contributed by atoms with van der Waals surface area (Å²) in [7, 11) is -3.93. The molecule has 1 heterocycles. The molecule has 0 bridgehead atoms. The molecule has 0 saturated heterocycles. The van der Waals surface area contributed by atoms with Gasteiger partial charge < -0.3 is 17.3 Å². The minimum Gasteiger partial charge on any atom is -0.418 e. The molecule has 15 heavy (non-hydrogen) atoms. The van der Waals surface area contributed by atoms with Gasteiger partial charge in [-0.05, 0) is 6.42 Å². The lowest BCUT2D eigenvalue weighted by molar-refractivity contribution is -0.677. The largest absolute Gasteiger partial charge is 0.673 e. The first-order chi connectivity index (χ1) is 6.75. The molecule has 0 atom stereocenters. The predicted molar refractivity (Wildman–Crippen MR) is 50.8 cm³/mol. The Kier molecular flexibility index (Phi) is 5.39. The van der Waals surface area contributed by atoms with Gasteiger partial charge in [-0.3, -0.25) is 0 Å². The molecule has 1 aromatic rings. The molecule has 0 spiro atoms. The van der Waals surface area contributed by atoms with Gasteiger partial charge in [-0.25, -0.2) is 9.13 Å². The van der Waals surface area contributed by atoms with Crippen molar-refractivity contribution < 1.29 is 21.8 Å². The Morgan fingerprint density at radius 1 is 1.33 bits per heavy atom. The lowest BCUT2D eigenvalue weighted by atomic mass is 10.3. The summed E-state index contributed by atoms with van der Waals surface area (Å²) < 4.78 is 43.4. The molecule has 1 rings (SSSR count). The molecule has 0 aromatic carbocycles. The zero-order chi connectivity index (χ0) is 12.1. The van der Waals surface area contributed by atoms with E-state index >= 15 is 0 Å². The van der Waals surface area contributed by atoms with E-state index in [4.69, 9.17) is 0 Å². The quantitative estimate of drug-likeness (QED) is 0.415. The number of aromatic nitrogens is 2. The first-order valence-corrected chi connectivity index (χ1v) is 4.64. The maximum Gasteiger partial charge on any atom is 0.673 e. The molecule has 7 heteroatoms. The molecule has 0 fully saturated rings. The number of hydrogen-bond donors (Lipinski definition) is 0. The van der Waals surface area contributed by atoms with Crippen molar-refractivity contribution in [1.82, 2.24) is 4.57 Å². The van der Waals surface area contributed by atoms with E-state index in [1.54, 1.807) is 0 Å². The highest BCUT2D eigenvalue weighted by Crippen LogP contribution is 2.06. The Morgan fingerprint density at radius 2 is 1.80 bits per heavy atom. The van der Waals surface area contributed by atoms with Gasteiger partial charge in [-0.15, -0.1) is 0 Å². The standard InChI is InChI=1S/C8H15N2.BF4/c1-4-5-10-7-6-9(3)8(10)2;2-1(3,4)5/h6-7H,4-5H2,1-3H3;/q+1;-1. The first kappa shape index (κ1) is 14.0. The molecule has 0 amide bonds. The molecule has 0 N–H and O–H groups in total. The highest BCUT2D eigenvalue weighted by Gasteiger charge is 2.20. The van der Waals surface area contributed by atoms with Crippen LogP contribution in [-0.4, -0.2) is 11.8 Å². The van der Waals surface area contributed by atoms with Crippen LogP contribution in [0.4, 0.5) is 17.3 Å². The minimum atomic E-state index is -6.00. The van der Waals surface area contributed by atoms with Crippen LogP contribution in [0.1, 0.15) is 19.2 Å². The third-order valence-corrected chi connectivity index (χ3v) is 1.86. The number of nitrogens with zero attached hydrogens (tertiary/aromatic N) is 2. The highest BCUT2D eigenvalue weighted by atomic mass is 19.5. The molecule has 0 aliphatic carbocycles. The Morgan fingerprint density at radius 3 is 2.07 bits per heavy atom. The zero-order valence-electron chi connectivity index (χ0n) is 9.05. The van der Waals surface area contributed by atoms with Gasteiger partial charge in [0.05, 0.1) is 13.6 Å². The SMILES string of the molecule is CCCn1cc[n+](C)c1C.F[B-](F)(F)F. The smallest absolute Gasteiger partial charge is 0.418 e. The van der Waals surface area contributed by atoms with E-state index in [1.165, 1.54) is 12.2 Å².